The molecule has 0 aliphatic rings. The van der Waals surface area contributed by atoms with Crippen molar-refractivity contribution in [1.82, 2.24) is 5.43 Å². The van der Waals surface area contributed by atoms with Crippen molar-refractivity contribution >= 4 is 22.9 Å². The van der Waals surface area contributed by atoms with Crippen molar-refractivity contribution in [2.75, 3.05) is 0 Å². The van der Waals surface area contributed by atoms with Crippen LogP contribution in [0, 0.1) is 0 Å². The van der Waals surface area contributed by atoms with Gasteiger partial charge in [0.15, 0.2) is 0 Å². The molecule has 3 heteroatoms. The molecular formula is C23H24N2O. The average molecular weight is 344 g/mol. The van der Waals surface area contributed by atoms with Crippen LogP contribution in [0.1, 0.15) is 37.5 Å². The number of nitrogens with one attached hydrogen (secondary N) is 1. The molecule has 0 saturated heterocycles. The fraction of sp³-hybridized carbons (Fsp3) is 0.217. The van der Waals surface area contributed by atoms with Gasteiger partial charge < -0.3 is 0 Å². The lowest BCUT2D eigenvalue weighted by Gasteiger charge is -2.18. The van der Waals surface area contributed by atoms with Gasteiger partial charge in [-0.3, -0.25) is 4.79 Å². The number of hydrazone groups is 1. The number of rotatable bonds is 4. The quantitative estimate of drug-likeness (QED) is 0.534. The lowest BCUT2D eigenvalue weighted by Crippen LogP contribution is -2.19. The second-order valence-electron chi connectivity index (χ2n) is 7.48. The van der Waals surface area contributed by atoms with Gasteiger partial charge in [0.1, 0.15) is 0 Å². The van der Waals surface area contributed by atoms with Crippen molar-refractivity contribution in [3.05, 3.63) is 83.4 Å². The summed E-state index contributed by atoms with van der Waals surface area (Å²) in [6.07, 6.45) is 1.98. The van der Waals surface area contributed by atoms with Gasteiger partial charge in [-0.25, -0.2) is 5.43 Å². The van der Waals surface area contributed by atoms with Gasteiger partial charge in [-0.1, -0.05) is 87.5 Å². The van der Waals surface area contributed by atoms with Crippen molar-refractivity contribution in [2.24, 2.45) is 5.10 Å². The maximum atomic E-state index is 12.2. The SMILES string of the molecule is CC(C)(C)c1ccc(/C=N/NC(=O)Cc2cccc3ccccc23)cc1. The second-order valence-corrected chi connectivity index (χ2v) is 7.48. The van der Waals surface area contributed by atoms with Crippen LogP contribution in [0.15, 0.2) is 71.8 Å². The summed E-state index contributed by atoms with van der Waals surface area (Å²) in [4.78, 5) is 12.2. The van der Waals surface area contributed by atoms with Crippen molar-refractivity contribution in [2.45, 2.75) is 32.6 Å². The summed E-state index contributed by atoms with van der Waals surface area (Å²) in [5.74, 6) is -0.121. The Morgan fingerprint density at radius 2 is 1.65 bits per heavy atom. The first-order chi connectivity index (χ1) is 12.4. The van der Waals surface area contributed by atoms with Gasteiger partial charge in [0.2, 0.25) is 5.91 Å². The topological polar surface area (TPSA) is 41.5 Å². The lowest BCUT2D eigenvalue weighted by molar-refractivity contribution is -0.120. The van der Waals surface area contributed by atoms with E-state index in [4.69, 9.17) is 0 Å². The molecule has 26 heavy (non-hydrogen) atoms. The molecule has 1 amide bonds. The molecule has 0 aromatic heterocycles. The molecule has 1 N–H and O–H groups in total. The number of nitrogens with zero attached hydrogens (tertiary/aromatic N) is 1. The fourth-order valence-electron chi connectivity index (χ4n) is 2.91. The van der Waals surface area contributed by atoms with E-state index in [0.717, 1.165) is 21.9 Å². The van der Waals surface area contributed by atoms with Crippen LogP contribution in [0.4, 0.5) is 0 Å². The van der Waals surface area contributed by atoms with Crippen LogP contribution >= 0.6 is 0 Å². The Bertz CT molecular complexity index is 929. The third kappa shape index (κ3) is 4.37. The Kier molecular flexibility index (Phi) is 5.17. The fourth-order valence-corrected chi connectivity index (χ4v) is 2.91. The van der Waals surface area contributed by atoms with E-state index in [-0.39, 0.29) is 11.3 Å². The number of hydrogen-bond donors (Lipinski definition) is 1. The summed E-state index contributed by atoms with van der Waals surface area (Å²) >= 11 is 0. The van der Waals surface area contributed by atoms with E-state index in [2.05, 4.69) is 55.6 Å². The van der Waals surface area contributed by atoms with Gasteiger partial charge in [-0.15, -0.1) is 0 Å². The number of fused-ring (bicyclic) bond motifs is 1. The zero-order chi connectivity index (χ0) is 18.6. The van der Waals surface area contributed by atoms with Gasteiger partial charge in [-0.2, -0.15) is 5.10 Å². The van der Waals surface area contributed by atoms with Crippen molar-refractivity contribution in [3.63, 3.8) is 0 Å². The second kappa shape index (κ2) is 7.52. The predicted molar refractivity (Wildman–Crippen MR) is 109 cm³/mol. The molecule has 0 heterocycles. The van der Waals surface area contributed by atoms with E-state index in [9.17, 15) is 4.79 Å². The van der Waals surface area contributed by atoms with Crippen LogP contribution in [-0.2, 0) is 16.6 Å². The Balaban J connectivity index is 1.62. The Morgan fingerprint density at radius 3 is 2.38 bits per heavy atom. The number of benzene rings is 3. The summed E-state index contributed by atoms with van der Waals surface area (Å²) in [6, 6.07) is 22.3. The van der Waals surface area contributed by atoms with Gasteiger partial charge in [0.25, 0.3) is 0 Å². The number of carbonyl (C=O) groups is 1. The molecule has 0 saturated carbocycles. The van der Waals surface area contributed by atoms with Gasteiger partial charge in [0.05, 0.1) is 12.6 Å². The highest BCUT2D eigenvalue weighted by atomic mass is 16.2. The molecule has 0 radical (unpaired) electrons. The maximum absolute atomic E-state index is 12.2. The van der Waals surface area contributed by atoms with Crippen LogP contribution in [0.5, 0.6) is 0 Å². The third-order valence-corrected chi connectivity index (χ3v) is 4.41. The smallest absolute Gasteiger partial charge is 0.244 e. The average Bonchev–Trinajstić information content (AvgIpc) is 2.62. The normalized spacial score (nSPS) is 11.8. The molecule has 3 aromatic rings. The van der Waals surface area contributed by atoms with Crippen molar-refractivity contribution < 1.29 is 4.79 Å². The van der Waals surface area contributed by atoms with Crippen LogP contribution in [0.25, 0.3) is 10.8 Å². The number of amides is 1. The summed E-state index contributed by atoms with van der Waals surface area (Å²) < 4.78 is 0. The number of carbonyl (C=O) groups excluding carboxylic acids is 1. The Labute approximate surface area is 154 Å². The van der Waals surface area contributed by atoms with Gasteiger partial charge in [-0.05, 0) is 32.9 Å². The monoisotopic (exact) mass is 344 g/mol. The van der Waals surface area contributed by atoms with E-state index < -0.39 is 0 Å². The first-order valence-electron chi connectivity index (χ1n) is 8.82. The van der Waals surface area contributed by atoms with Crippen molar-refractivity contribution in [1.29, 1.82) is 0 Å². The highest BCUT2D eigenvalue weighted by molar-refractivity contribution is 5.90. The molecular weight excluding hydrogens is 320 g/mol. The summed E-state index contributed by atoms with van der Waals surface area (Å²) in [5.41, 5.74) is 5.99. The van der Waals surface area contributed by atoms with Crippen LogP contribution in [0.3, 0.4) is 0 Å². The first-order valence-corrected chi connectivity index (χ1v) is 8.82. The third-order valence-electron chi connectivity index (χ3n) is 4.41. The standard InChI is InChI=1S/C23H24N2O/c1-23(2,3)20-13-11-17(12-14-20)16-24-25-22(26)15-19-9-6-8-18-7-4-5-10-21(18)19/h4-14,16H,15H2,1-3H3,(H,25,26)/b24-16+. The molecule has 0 fully saturated rings. The first kappa shape index (κ1) is 17.9. The van der Waals surface area contributed by atoms with Crippen molar-refractivity contribution in [3.8, 4) is 0 Å². The molecule has 3 nitrogen and oxygen atoms in total. The Morgan fingerprint density at radius 1 is 0.962 bits per heavy atom. The predicted octanol–water partition coefficient (Wildman–Crippen LogP) is 4.83. The maximum Gasteiger partial charge on any atom is 0.244 e. The van der Waals surface area contributed by atoms with Crippen LogP contribution in [-0.4, -0.2) is 12.1 Å². The minimum absolute atomic E-state index is 0.121. The van der Waals surface area contributed by atoms with E-state index >= 15 is 0 Å². The molecule has 0 atom stereocenters. The number of hydrogen-bond acceptors (Lipinski definition) is 2. The highest BCUT2D eigenvalue weighted by Gasteiger charge is 2.12. The summed E-state index contributed by atoms with van der Waals surface area (Å²) in [5, 5.41) is 6.33. The molecule has 3 rings (SSSR count). The lowest BCUT2D eigenvalue weighted by atomic mass is 9.87. The van der Waals surface area contributed by atoms with Gasteiger partial charge in [0, 0.05) is 0 Å². The zero-order valence-electron chi connectivity index (χ0n) is 15.5. The molecule has 0 bridgehead atoms. The van der Waals surface area contributed by atoms with Gasteiger partial charge >= 0.3 is 0 Å². The van der Waals surface area contributed by atoms with Crippen LogP contribution < -0.4 is 5.43 Å². The van der Waals surface area contributed by atoms with E-state index in [1.807, 2.05) is 42.5 Å². The largest absolute Gasteiger partial charge is 0.273 e. The van der Waals surface area contributed by atoms with E-state index in [1.54, 1.807) is 6.21 Å². The molecule has 0 aliphatic carbocycles. The summed E-state index contributed by atoms with van der Waals surface area (Å²) in [7, 11) is 0. The van der Waals surface area contributed by atoms with E-state index in [1.165, 1.54) is 5.56 Å². The highest BCUT2D eigenvalue weighted by Crippen LogP contribution is 2.22. The molecule has 3 aromatic carbocycles. The molecule has 0 aliphatic heterocycles. The van der Waals surface area contributed by atoms with E-state index in [0.29, 0.717) is 6.42 Å². The molecule has 0 spiro atoms. The molecule has 132 valence electrons. The molecule has 0 unspecified atom stereocenters. The Hall–Kier alpha value is -2.94. The minimum Gasteiger partial charge on any atom is -0.273 e. The van der Waals surface area contributed by atoms with Crippen LogP contribution in [0.2, 0.25) is 0 Å². The zero-order valence-corrected chi connectivity index (χ0v) is 15.5. The summed E-state index contributed by atoms with van der Waals surface area (Å²) in [6.45, 7) is 6.55. The minimum atomic E-state index is -0.121.